The molecule has 0 aliphatic heterocycles. The highest BCUT2D eigenvalue weighted by Crippen LogP contribution is 2.22. The summed E-state index contributed by atoms with van der Waals surface area (Å²) in [7, 11) is 0. The molecule has 0 saturated heterocycles. The number of halogens is 1. The van der Waals surface area contributed by atoms with Crippen molar-refractivity contribution in [3.8, 4) is 0 Å². The molecule has 0 aliphatic carbocycles. The van der Waals surface area contributed by atoms with E-state index in [9.17, 15) is 9.90 Å². The summed E-state index contributed by atoms with van der Waals surface area (Å²) < 4.78 is 5.46. The molecule has 0 radical (unpaired) electrons. The molecule has 0 saturated carbocycles. The van der Waals surface area contributed by atoms with Gasteiger partial charge in [0.15, 0.2) is 11.5 Å². The van der Waals surface area contributed by atoms with Gasteiger partial charge < -0.3 is 9.52 Å². The van der Waals surface area contributed by atoms with Crippen molar-refractivity contribution in [1.82, 2.24) is 0 Å². The molecule has 0 aliphatic rings. The Morgan fingerprint density at radius 3 is 2.57 bits per heavy atom. The number of aliphatic hydroxyl groups excluding tert-OH is 1. The van der Waals surface area contributed by atoms with Crippen LogP contribution in [0.2, 0.25) is 5.02 Å². The van der Waals surface area contributed by atoms with Crippen molar-refractivity contribution in [3.05, 3.63) is 77.3 Å². The fourth-order valence-electron chi connectivity index (χ4n) is 1.97. The predicted octanol–water partition coefficient (Wildman–Crippen LogP) is 5.45. The highest BCUT2D eigenvalue weighted by atomic mass is 35.5. The van der Waals surface area contributed by atoms with Crippen LogP contribution in [-0.4, -0.2) is 10.9 Å². The first-order chi connectivity index (χ1) is 11.2. The number of Topliss-reactive ketones (excluding diaryl/α,β-unsaturated/α-hetero) is 1. The fourth-order valence-corrected chi connectivity index (χ4v) is 2.10. The largest absolute Gasteiger partial charge is 0.513 e. The maximum atomic E-state index is 12.3. The summed E-state index contributed by atoms with van der Waals surface area (Å²) in [5.41, 5.74) is 0.868. The molecule has 0 amide bonds. The van der Waals surface area contributed by atoms with Gasteiger partial charge in [-0.05, 0) is 36.4 Å². The normalized spacial score (nSPS) is 12.1. The maximum Gasteiger partial charge on any atom is 0.251 e. The van der Waals surface area contributed by atoms with Crippen molar-refractivity contribution < 1.29 is 14.3 Å². The van der Waals surface area contributed by atoms with Gasteiger partial charge in [0, 0.05) is 10.4 Å². The van der Waals surface area contributed by atoms with Crippen molar-refractivity contribution >= 4 is 34.0 Å². The monoisotopic (exact) mass is 326 g/mol. The molecular weight excluding hydrogens is 316 g/mol. The van der Waals surface area contributed by atoms with Crippen LogP contribution >= 0.6 is 11.6 Å². The van der Waals surface area contributed by atoms with Gasteiger partial charge in [0.25, 0.3) is 5.78 Å². The van der Waals surface area contributed by atoms with Crippen LogP contribution in [-0.2, 0) is 0 Å². The molecule has 0 unspecified atom stereocenters. The number of ketones is 1. The molecule has 2 aromatic carbocycles. The molecular formula is C17H11ClN2O3. The van der Waals surface area contributed by atoms with E-state index in [1.54, 1.807) is 36.4 Å². The Morgan fingerprint density at radius 2 is 1.87 bits per heavy atom. The van der Waals surface area contributed by atoms with E-state index < -0.39 is 5.78 Å². The van der Waals surface area contributed by atoms with Gasteiger partial charge in [-0.3, -0.25) is 4.79 Å². The number of fused-ring (bicyclic) bond motifs is 1. The first kappa shape index (κ1) is 15.0. The number of para-hydroxylation sites is 1. The van der Waals surface area contributed by atoms with E-state index >= 15 is 0 Å². The predicted molar refractivity (Wildman–Crippen MR) is 87.2 cm³/mol. The third kappa shape index (κ3) is 3.30. The average molecular weight is 327 g/mol. The molecule has 23 heavy (non-hydrogen) atoms. The molecule has 6 heteroatoms. The van der Waals surface area contributed by atoms with Crippen LogP contribution in [0.4, 0.5) is 5.69 Å². The maximum absolute atomic E-state index is 12.3. The lowest BCUT2D eigenvalue weighted by Gasteiger charge is -1.96. The van der Waals surface area contributed by atoms with Crippen molar-refractivity contribution in [2.45, 2.75) is 0 Å². The molecule has 0 fully saturated rings. The van der Waals surface area contributed by atoms with Gasteiger partial charge in [0.05, 0.1) is 5.69 Å². The summed E-state index contributed by atoms with van der Waals surface area (Å²) >= 11 is 5.78. The number of azo groups is 1. The molecule has 0 spiro atoms. The first-order valence-corrected chi connectivity index (χ1v) is 7.10. The second-order valence-electron chi connectivity index (χ2n) is 4.67. The van der Waals surface area contributed by atoms with E-state index in [1.165, 1.54) is 0 Å². The van der Waals surface area contributed by atoms with Gasteiger partial charge in [0.1, 0.15) is 11.8 Å². The van der Waals surface area contributed by atoms with Gasteiger partial charge in [-0.25, -0.2) is 0 Å². The molecule has 1 N–H and O–H groups in total. The number of benzene rings is 2. The number of hydrogen-bond acceptors (Lipinski definition) is 5. The summed E-state index contributed by atoms with van der Waals surface area (Å²) in [6, 6.07) is 15.4. The van der Waals surface area contributed by atoms with Gasteiger partial charge in [-0.1, -0.05) is 29.8 Å². The third-order valence-electron chi connectivity index (χ3n) is 3.10. The minimum Gasteiger partial charge on any atom is -0.513 e. The molecule has 0 atom stereocenters. The van der Waals surface area contributed by atoms with Gasteiger partial charge in [0.2, 0.25) is 0 Å². The SMILES string of the molecule is O=C(/C(=C\O)N=Nc1ccc(Cl)cc1)c1cc2ccccc2o1. The fraction of sp³-hybridized carbons (Fsp3) is 0. The molecule has 3 aromatic rings. The lowest BCUT2D eigenvalue weighted by Crippen LogP contribution is -1.99. The van der Waals surface area contributed by atoms with E-state index in [-0.39, 0.29) is 11.5 Å². The molecule has 5 nitrogen and oxygen atoms in total. The van der Waals surface area contributed by atoms with Gasteiger partial charge in [-0.2, -0.15) is 5.11 Å². The highest BCUT2D eigenvalue weighted by molar-refractivity contribution is 6.30. The average Bonchev–Trinajstić information content (AvgIpc) is 3.01. The van der Waals surface area contributed by atoms with Crippen LogP contribution in [0.3, 0.4) is 0 Å². The quantitative estimate of drug-likeness (QED) is 0.299. The Balaban J connectivity index is 1.85. The summed E-state index contributed by atoms with van der Waals surface area (Å²) in [5, 5.41) is 18.3. The second kappa shape index (κ2) is 6.46. The number of hydrogen-bond donors (Lipinski definition) is 1. The highest BCUT2D eigenvalue weighted by Gasteiger charge is 2.17. The van der Waals surface area contributed by atoms with Gasteiger partial charge >= 0.3 is 0 Å². The zero-order valence-corrected chi connectivity index (χ0v) is 12.6. The topological polar surface area (TPSA) is 75.2 Å². The lowest BCUT2D eigenvalue weighted by molar-refractivity contribution is 0.100. The van der Waals surface area contributed by atoms with E-state index in [2.05, 4.69) is 10.2 Å². The second-order valence-corrected chi connectivity index (χ2v) is 5.10. The molecule has 1 heterocycles. The lowest BCUT2D eigenvalue weighted by atomic mass is 10.2. The van der Waals surface area contributed by atoms with Crippen LogP contribution in [0.5, 0.6) is 0 Å². The minimum absolute atomic E-state index is 0.0848. The van der Waals surface area contributed by atoms with E-state index in [4.69, 9.17) is 16.0 Å². The van der Waals surface area contributed by atoms with Crippen LogP contribution in [0.15, 0.2) is 81.2 Å². The van der Waals surface area contributed by atoms with Crippen molar-refractivity contribution in [3.63, 3.8) is 0 Å². The van der Waals surface area contributed by atoms with Crippen LogP contribution in [0.1, 0.15) is 10.6 Å². The van der Waals surface area contributed by atoms with Crippen molar-refractivity contribution in [1.29, 1.82) is 0 Å². The Morgan fingerprint density at radius 1 is 1.13 bits per heavy atom. The Hall–Kier alpha value is -2.92. The number of aliphatic hydroxyl groups is 1. The van der Waals surface area contributed by atoms with Crippen LogP contribution in [0, 0.1) is 0 Å². The Bertz CT molecular complexity index is 878. The van der Waals surface area contributed by atoms with Crippen molar-refractivity contribution in [2.24, 2.45) is 10.2 Å². The first-order valence-electron chi connectivity index (χ1n) is 6.72. The Kier molecular flexibility index (Phi) is 4.21. The van der Waals surface area contributed by atoms with Crippen LogP contribution in [0.25, 0.3) is 11.0 Å². The Labute approximate surface area is 136 Å². The number of nitrogens with zero attached hydrogens (tertiary/aromatic N) is 2. The van der Waals surface area contributed by atoms with Crippen molar-refractivity contribution in [2.75, 3.05) is 0 Å². The molecule has 1 aromatic heterocycles. The minimum atomic E-state index is -0.554. The smallest absolute Gasteiger partial charge is 0.251 e. The standard InChI is InChI=1S/C17H11ClN2O3/c18-12-5-7-13(8-6-12)19-20-14(10-21)17(22)16-9-11-3-1-2-4-15(11)23-16/h1-10,21H/b14-10+,20-19?. The zero-order chi connectivity index (χ0) is 16.2. The number of furan rings is 1. The molecule has 3 rings (SSSR count). The van der Waals surface area contributed by atoms with E-state index in [0.29, 0.717) is 22.6 Å². The third-order valence-corrected chi connectivity index (χ3v) is 3.36. The number of rotatable bonds is 4. The van der Waals surface area contributed by atoms with Gasteiger partial charge in [-0.15, -0.1) is 5.11 Å². The molecule has 114 valence electrons. The number of carbonyl (C=O) groups is 1. The van der Waals surface area contributed by atoms with E-state index in [1.807, 2.05) is 18.2 Å². The summed E-state index contributed by atoms with van der Waals surface area (Å²) in [4.78, 5) is 12.3. The summed E-state index contributed by atoms with van der Waals surface area (Å²) in [6.07, 6.45) is 0.606. The molecule has 0 bridgehead atoms. The van der Waals surface area contributed by atoms with E-state index in [0.717, 1.165) is 5.39 Å². The number of allylic oxidation sites excluding steroid dienone is 1. The summed E-state index contributed by atoms with van der Waals surface area (Å²) in [5.74, 6) is -0.469. The number of carbonyl (C=O) groups excluding carboxylic acids is 1. The zero-order valence-electron chi connectivity index (χ0n) is 11.8. The summed E-state index contributed by atoms with van der Waals surface area (Å²) in [6.45, 7) is 0. The van der Waals surface area contributed by atoms with Crippen LogP contribution < -0.4 is 0 Å².